The van der Waals surface area contributed by atoms with Crippen LogP contribution in [0.2, 0.25) is 0 Å². The number of quaternary nitrogens is 1. The van der Waals surface area contributed by atoms with E-state index in [4.69, 9.17) is 18.5 Å². The summed E-state index contributed by atoms with van der Waals surface area (Å²) in [5, 5.41) is 0. The Balaban J connectivity index is 4.01. The molecule has 10 heteroatoms. The first kappa shape index (κ1) is 73.0. The van der Waals surface area contributed by atoms with Gasteiger partial charge >= 0.3 is 19.8 Å². The van der Waals surface area contributed by atoms with Gasteiger partial charge < -0.3 is 18.9 Å². The summed E-state index contributed by atoms with van der Waals surface area (Å²) in [6.45, 7) is 4.52. The van der Waals surface area contributed by atoms with Gasteiger partial charge in [0.15, 0.2) is 6.10 Å². The summed E-state index contributed by atoms with van der Waals surface area (Å²) in [6, 6.07) is 0. The van der Waals surface area contributed by atoms with Gasteiger partial charge in [0, 0.05) is 12.8 Å². The molecule has 1 N–H and O–H groups in total. The standard InChI is InChI=1S/C64H128NO8P/c1-6-8-10-12-14-16-18-20-22-24-26-28-29-30-31-32-33-34-35-37-39-41-43-45-47-49-51-53-55-57-64(67)73-62(61-72-74(68,69)71-59-58-65(3,4)5)60-70-63(66)56-54-52-50-48-46-44-42-40-38-36-27-25-23-21-19-17-15-13-11-9-7-2/h62H,6-61H2,1-5H3/p+1. The van der Waals surface area contributed by atoms with Crippen molar-refractivity contribution in [3.05, 3.63) is 0 Å². The lowest BCUT2D eigenvalue weighted by Crippen LogP contribution is -2.37. The highest BCUT2D eigenvalue weighted by Gasteiger charge is 2.27. The number of carbonyl (C=O) groups excluding carboxylic acids is 2. The molecule has 0 fully saturated rings. The van der Waals surface area contributed by atoms with Crippen molar-refractivity contribution in [3.63, 3.8) is 0 Å². The van der Waals surface area contributed by atoms with Crippen LogP contribution >= 0.6 is 7.82 Å². The van der Waals surface area contributed by atoms with Crippen LogP contribution in [0.15, 0.2) is 0 Å². The first-order valence-electron chi connectivity index (χ1n) is 32.8. The number of unbranched alkanes of at least 4 members (excludes halogenated alkanes) is 48. The number of nitrogens with zero attached hydrogens (tertiary/aromatic N) is 1. The number of esters is 2. The number of phosphoric acid groups is 1. The normalized spacial score (nSPS) is 13.1. The van der Waals surface area contributed by atoms with Gasteiger partial charge in [-0.3, -0.25) is 18.6 Å². The molecular formula is C64H129NO8P+. The van der Waals surface area contributed by atoms with E-state index in [1.54, 1.807) is 0 Å². The minimum atomic E-state index is -4.38. The zero-order valence-corrected chi connectivity index (χ0v) is 51.3. The van der Waals surface area contributed by atoms with E-state index in [0.29, 0.717) is 17.4 Å². The molecule has 2 atom stereocenters. The van der Waals surface area contributed by atoms with E-state index in [1.807, 2.05) is 21.1 Å². The molecule has 9 nitrogen and oxygen atoms in total. The lowest BCUT2D eigenvalue weighted by molar-refractivity contribution is -0.870. The molecule has 0 rings (SSSR count). The topological polar surface area (TPSA) is 108 Å². The highest BCUT2D eigenvalue weighted by molar-refractivity contribution is 7.47. The SMILES string of the molecule is CCCCCCCCCCCCCCCCCCCCCCCCCCCCCCCC(=O)OC(COC(=O)CCCCCCCCCCCCCCCCCCCCCCC)COP(=O)(O)OCC[N+](C)(C)C. The Bertz CT molecular complexity index is 1210. The molecule has 0 saturated heterocycles. The van der Waals surface area contributed by atoms with Crippen LogP contribution in [0.1, 0.15) is 348 Å². The maximum atomic E-state index is 12.8. The maximum Gasteiger partial charge on any atom is 0.472 e. The molecule has 0 saturated carbocycles. The predicted octanol–water partition coefficient (Wildman–Crippen LogP) is 20.6. The van der Waals surface area contributed by atoms with E-state index in [2.05, 4.69) is 13.8 Å². The third-order valence-electron chi connectivity index (χ3n) is 15.1. The van der Waals surface area contributed by atoms with Gasteiger partial charge in [-0.25, -0.2) is 4.57 Å². The molecule has 74 heavy (non-hydrogen) atoms. The molecule has 0 aliphatic rings. The van der Waals surface area contributed by atoms with Crippen LogP contribution < -0.4 is 0 Å². The van der Waals surface area contributed by atoms with Crippen LogP contribution in [0.3, 0.4) is 0 Å². The molecule has 0 radical (unpaired) electrons. The Morgan fingerprint density at radius 2 is 0.608 bits per heavy atom. The molecule has 2 unspecified atom stereocenters. The van der Waals surface area contributed by atoms with Crippen molar-refractivity contribution in [2.24, 2.45) is 0 Å². The second-order valence-electron chi connectivity index (χ2n) is 23.9. The lowest BCUT2D eigenvalue weighted by atomic mass is 10.0. The molecular weight excluding hydrogens is 942 g/mol. The Labute approximate surface area is 461 Å². The molecule has 0 aliphatic carbocycles. The first-order valence-corrected chi connectivity index (χ1v) is 34.3. The Hall–Kier alpha value is -0.990. The summed E-state index contributed by atoms with van der Waals surface area (Å²) in [5.74, 6) is -0.770. The van der Waals surface area contributed by atoms with Gasteiger partial charge in [-0.2, -0.15) is 0 Å². The summed E-state index contributed by atoms with van der Waals surface area (Å²) < 4.78 is 34.7. The summed E-state index contributed by atoms with van der Waals surface area (Å²) in [6.07, 6.45) is 66.3. The number of hydrogen-bond acceptors (Lipinski definition) is 7. The van der Waals surface area contributed by atoms with Gasteiger partial charge in [0.2, 0.25) is 0 Å². The van der Waals surface area contributed by atoms with Crippen molar-refractivity contribution in [2.75, 3.05) is 47.5 Å². The van der Waals surface area contributed by atoms with Crippen LogP contribution in [-0.4, -0.2) is 74.9 Å². The van der Waals surface area contributed by atoms with E-state index < -0.39 is 26.5 Å². The molecule has 0 aromatic carbocycles. The van der Waals surface area contributed by atoms with Crippen molar-refractivity contribution in [2.45, 2.75) is 354 Å². The highest BCUT2D eigenvalue weighted by Crippen LogP contribution is 2.43. The molecule has 442 valence electrons. The van der Waals surface area contributed by atoms with E-state index in [9.17, 15) is 19.0 Å². The van der Waals surface area contributed by atoms with E-state index >= 15 is 0 Å². The first-order chi connectivity index (χ1) is 36.0. The summed E-state index contributed by atoms with van der Waals surface area (Å²) >= 11 is 0. The third-order valence-corrected chi connectivity index (χ3v) is 16.1. The largest absolute Gasteiger partial charge is 0.472 e. The van der Waals surface area contributed by atoms with Gasteiger partial charge in [-0.05, 0) is 12.8 Å². The fourth-order valence-corrected chi connectivity index (χ4v) is 10.8. The summed E-state index contributed by atoms with van der Waals surface area (Å²) in [4.78, 5) is 35.8. The van der Waals surface area contributed by atoms with Crippen LogP contribution in [0.25, 0.3) is 0 Å². The fourth-order valence-electron chi connectivity index (χ4n) is 10.1. The fraction of sp³-hybridized carbons (Fsp3) is 0.969. The Morgan fingerprint density at radius 1 is 0.365 bits per heavy atom. The molecule has 0 aromatic rings. The molecule has 0 aliphatic heterocycles. The van der Waals surface area contributed by atoms with E-state index in [-0.39, 0.29) is 25.6 Å². The van der Waals surface area contributed by atoms with E-state index in [1.165, 1.54) is 283 Å². The summed E-state index contributed by atoms with van der Waals surface area (Å²) in [7, 11) is 1.51. The number of hydrogen-bond donors (Lipinski definition) is 1. The Morgan fingerprint density at radius 3 is 0.865 bits per heavy atom. The number of ether oxygens (including phenoxy) is 2. The van der Waals surface area contributed by atoms with Crippen molar-refractivity contribution in [1.82, 2.24) is 0 Å². The zero-order valence-electron chi connectivity index (χ0n) is 50.4. The lowest BCUT2D eigenvalue weighted by Gasteiger charge is -2.24. The second kappa shape index (κ2) is 56.7. The van der Waals surface area contributed by atoms with Crippen LogP contribution in [-0.2, 0) is 32.7 Å². The molecule has 0 aromatic heterocycles. The quantitative estimate of drug-likeness (QED) is 0.0278. The second-order valence-corrected chi connectivity index (χ2v) is 25.3. The van der Waals surface area contributed by atoms with Gasteiger partial charge in [0.25, 0.3) is 0 Å². The average molecular weight is 1070 g/mol. The van der Waals surface area contributed by atoms with Gasteiger partial charge in [-0.15, -0.1) is 0 Å². The molecule has 0 amide bonds. The van der Waals surface area contributed by atoms with Gasteiger partial charge in [0.1, 0.15) is 19.8 Å². The maximum absolute atomic E-state index is 12.8. The highest BCUT2D eigenvalue weighted by atomic mass is 31.2. The number of carbonyl (C=O) groups is 2. The minimum absolute atomic E-state index is 0.0376. The van der Waals surface area contributed by atoms with Crippen molar-refractivity contribution < 1.29 is 42.1 Å². The molecule has 0 spiro atoms. The Kier molecular flexibility index (Phi) is 56.0. The van der Waals surface area contributed by atoms with Crippen molar-refractivity contribution >= 4 is 19.8 Å². The van der Waals surface area contributed by atoms with Gasteiger partial charge in [0.05, 0.1) is 27.7 Å². The predicted molar refractivity (Wildman–Crippen MR) is 317 cm³/mol. The van der Waals surface area contributed by atoms with Gasteiger partial charge in [-0.1, -0.05) is 322 Å². The third kappa shape index (κ3) is 60.2. The number of likely N-dealkylation sites (N-methyl/N-ethyl adjacent to an activating group) is 1. The van der Waals surface area contributed by atoms with Crippen LogP contribution in [0.4, 0.5) is 0 Å². The van der Waals surface area contributed by atoms with Crippen molar-refractivity contribution in [1.29, 1.82) is 0 Å². The molecule has 0 heterocycles. The van der Waals surface area contributed by atoms with Crippen LogP contribution in [0, 0.1) is 0 Å². The van der Waals surface area contributed by atoms with Crippen LogP contribution in [0.5, 0.6) is 0 Å². The number of rotatable bonds is 62. The number of phosphoric ester groups is 1. The van der Waals surface area contributed by atoms with Crippen molar-refractivity contribution in [3.8, 4) is 0 Å². The summed E-state index contributed by atoms with van der Waals surface area (Å²) in [5.41, 5.74) is 0. The monoisotopic (exact) mass is 1070 g/mol. The minimum Gasteiger partial charge on any atom is -0.462 e. The van der Waals surface area contributed by atoms with E-state index in [0.717, 1.165) is 38.5 Å². The average Bonchev–Trinajstić information content (AvgIpc) is 3.36. The zero-order chi connectivity index (χ0) is 54.2. The molecule has 0 bridgehead atoms. The smallest absolute Gasteiger partial charge is 0.462 e.